The van der Waals surface area contributed by atoms with E-state index in [9.17, 15) is 13.2 Å². The summed E-state index contributed by atoms with van der Waals surface area (Å²) in [6, 6.07) is 8.62. The van der Waals surface area contributed by atoms with E-state index in [-0.39, 0.29) is 16.7 Å². The van der Waals surface area contributed by atoms with Gasteiger partial charge in [-0.2, -0.15) is 0 Å². The smallest absolute Gasteiger partial charge is 0.246 e. The zero-order valence-corrected chi connectivity index (χ0v) is 17.4. The highest BCUT2D eigenvalue weighted by atomic mass is 32.2. The fourth-order valence-electron chi connectivity index (χ4n) is 3.30. The highest BCUT2D eigenvalue weighted by Crippen LogP contribution is 2.25. The third-order valence-electron chi connectivity index (χ3n) is 5.03. The van der Waals surface area contributed by atoms with Gasteiger partial charge in [-0.25, -0.2) is 13.1 Å². The van der Waals surface area contributed by atoms with Gasteiger partial charge in [-0.3, -0.25) is 4.79 Å². The molecule has 2 heterocycles. The van der Waals surface area contributed by atoms with Crippen LogP contribution in [0.2, 0.25) is 0 Å². The quantitative estimate of drug-likeness (QED) is 0.699. The number of piperidine rings is 1. The lowest BCUT2D eigenvalue weighted by Crippen LogP contribution is -2.41. The standard InChI is InChI=1S/C21H26N2O5S/c1-16-5-7-19(27-2)20(14-16)29(25,26)22-15-17-9-11-23(12-10-17)21(24)8-6-18-4-3-13-28-18/h3-8,13-14,17,22H,9-12,15H2,1-2H3/b8-6+. The van der Waals surface area contributed by atoms with Crippen molar-refractivity contribution in [3.8, 4) is 5.75 Å². The molecule has 29 heavy (non-hydrogen) atoms. The van der Waals surface area contributed by atoms with Gasteiger partial charge in [0.05, 0.1) is 13.4 Å². The van der Waals surface area contributed by atoms with Gasteiger partial charge in [0.1, 0.15) is 16.4 Å². The number of nitrogens with zero attached hydrogens (tertiary/aromatic N) is 1. The Morgan fingerprint density at radius 3 is 2.72 bits per heavy atom. The molecule has 1 amide bonds. The molecule has 8 heteroatoms. The Labute approximate surface area is 171 Å². The van der Waals surface area contributed by atoms with Crippen LogP contribution in [0.25, 0.3) is 6.08 Å². The van der Waals surface area contributed by atoms with E-state index in [0.717, 1.165) is 18.4 Å². The molecular formula is C21H26N2O5S. The van der Waals surface area contributed by atoms with Crippen molar-refractivity contribution in [1.29, 1.82) is 0 Å². The Bertz CT molecular complexity index is 959. The molecule has 1 fully saturated rings. The average Bonchev–Trinajstić information content (AvgIpc) is 3.24. The second-order valence-corrected chi connectivity index (χ2v) is 8.86. The van der Waals surface area contributed by atoms with E-state index in [4.69, 9.17) is 9.15 Å². The third-order valence-corrected chi connectivity index (χ3v) is 6.48. The van der Waals surface area contributed by atoms with Crippen LogP contribution < -0.4 is 9.46 Å². The number of likely N-dealkylation sites (tertiary alicyclic amines) is 1. The molecule has 0 saturated carbocycles. The average molecular weight is 419 g/mol. The van der Waals surface area contributed by atoms with Crippen molar-refractivity contribution in [1.82, 2.24) is 9.62 Å². The largest absolute Gasteiger partial charge is 0.495 e. The molecule has 0 unspecified atom stereocenters. The Kier molecular flexibility index (Phi) is 6.76. The van der Waals surface area contributed by atoms with E-state index >= 15 is 0 Å². The minimum atomic E-state index is -3.67. The van der Waals surface area contributed by atoms with E-state index in [2.05, 4.69) is 4.72 Å². The molecule has 1 aliphatic heterocycles. The number of furan rings is 1. The van der Waals surface area contributed by atoms with E-state index in [1.807, 2.05) is 13.0 Å². The molecule has 0 radical (unpaired) electrons. The van der Waals surface area contributed by atoms with Crippen LogP contribution in [0.3, 0.4) is 0 Å². The van der Waals surface area contributed by atoms with Crippen LogP contribution in [0.1, 0.15) is 24.2 Å². The van der Waals surface area contributed by atoms with E-state index in [1.54, 1.807) is 41.5 Å². The van der Waals surface area contributed by atoms with Crippen LogP contribution in [0.5, 0.6) is 5.75 Å². The van der Waals surface area contributed by atoms with Gasteiger partial charge in [0, 0.05) is 25.7 Å². The molecule has 1 N–H and O–H groups in total. The van der Waals surface area contributed by atoms with Crippen LogP contribution in [0.15, 0.2) is 52.0 Å². The first-order valence-electron chi connectivity index (χ1n) is 9.54. The van der Waals surface area contributed by atoms with Gasteiger partial charge in [-0.1, -0.05) is 6.07 Å². The summed E-state index contributed by atoms with van der Waals surface area (Å²) in [7, 11) is -2.21. The molecule has 156 valence electrons. The summed E-state index contributed by atoms with van der Waals surface area (Å²) in [5.41, 5.74) is 0.848. The summed E-state index contributed by atoms with van der Waals surface area (Å²) in [5, 5.41) is 0. The van der Waals surface area contributed by atoms with Crippen molar-refractivity contribution in [2.75, 3.05) is 26.7 Å². The fourth-order valence-corrected chi connectivity index (χ4v) is 4.67. The van der Waals surface area contributed by atoms with Crippen LogP contribution in [-0.4, -0.2) is 46.0 Å². The number of ether oxygens (including phenoxy) is 1. The summed E-state index contributed by atoms with van der Waals surface area (Å²) < 4.78 is 38.5. The number of carbonyl (C=O) groups is 1. The van der Waals surface area contributed by atoms with E-state index < -0.39 is 10.0 Å². The van der Waals surface area contributed by atoms with Gasteiger partial charge in [0.2, 0.25) is 15.9 Å². The maximum atomic E-state index is 12.7. The molecule has 1 aromatic heterocycles. The highest BCUT2D eigenvalue weighted by Gasteiger charge is 2.25. The van der Waals surface area contributed by atoms with E-state index in [1.165, 1.54) is 13.2 Å². The lowest BCUT2D eigenvalue weighted by atomic mass is 9.97. The van der Waals surface area contributed by atoms with Crippen LogP contribution >= 0.6 is 0 Å². The van der Waals surface area contributed by atoms with Crippen LogP contribution in [-0.2, 0) is 14.8 Å². The maximum Gasteiger partial charge on any atom is 0.246 e. The molecule has 0 atom stereocenters. The first kappa shape index (κ1) is 21.1. The Morgan fingerprint density at radius 1 is 1.31 bits per heavy atom. The number of nitrogens with one attached hydrogen (secondary N) is 1. The topological polar surface area (TPSA) is 88.9 Å². The molecule has 3 rings (SSSR count). The third kappa shape index (κ3) is 5.48. The number of carbonyl (C=O) groups excluding carboxylic acids is 1. The van der Waals surface area contributed by atoms with Crippen molar-refractivity contribution in [2.24, 2.45) is 5.92 Å². The van der Waals surface area contributed by atoms with Crippen molar-refractivity contribution >= 4 is 22.0 Å². The van der Waals surface area contributed by atoms with Crippen LogP contribution in [0, 0.1) is 12.8 Å². The minimum Gasteiger partial charge on any atom is -0.495 e. The summed E-state index contributed by atoms with van der Waals surface area (Å²) in [6.07, 6.45) is 6.20. The predicted octanol–water partition coefficient (Wildman–Crippen LogP) is 2.83. The second kappa shape index (κ2) is 9.28. The number of amides is 1. The lowest BCUT2D eigenvalue weighted by Gasteiger charge is -2.31. The Hall–Kier alpha value is -2.58. The van der Waals surface area contributed by atoms with Gasteiger partial charge in [0.15, 0.2) is 0 Å². The number of sulfonamides is 1. The number of aryl methyl sites for hydroxylation is 1. The van der Waals surface area contributed by atoms with Crippen LogP contribution in [0.4, 0.5) is 0 Å². The Morgan fingerprint density at radius 2 is 2.07 bits per heavy atom. The highest BCUT2D eigenvalue weighted by molar-refractivity contribution is 7.89. The lowest BCUT2D eigenvalue weighted by molar-refractivity contribution is -0.127. The molecular weight excluding hydrogens is 392 g/mol. The second-order valence-electron chi connectivity index (χ2n) is 7.12. The van der Waals surface area contributed by atoms with Crippen molar-refractivity contribution in [2.45, 2.75) is 24.7 Å². The van der Waals surface area contributed by atoms with Gasteiger partial charge < -0.3 is 14.1 Å². The summed E-state index contributed by atoms with van der Waals surface area (Å²) in [6.45, 7) is 3.37. The van der Waals surface area contributed by atoms with Gasteiger partial charge in [-0.15, -0.1) is 0 Å². The fraction of sp³-hybridized carbons (Fsp3) is 0.381. The first-order chi connectivity index (χ1) is 13.9. The van der Waals surface area contributed by atoms with Crippen molar-refractivity contribution < 1.29 is 22.4 Å². The van der Waals surface area contributed by atoms with Gasteiger partial charge in [0.25, 0.3) is 0 Å². The summed E-state index contributed by atoms with van der Waals surface area (Å²) in [5.74, 6) is 1.07. The summed E-state index contributed by atoms with van der Waals surface area (Å²) in [4.78, 5) is 14.2. The number of benzene rings is 1. The maximum absolute atomic E-state index is 12.7. The molecule has 1 saturated heterocycles. The number of rotatable bonds is 7. The van der Waals surface area contributed by atoms with Gasteiger partial charge in [-0.05, 0) is 61.6 Å². The zero-order valence-electron chi connectivity index (χ0n) is 16.6. The number of methoxy groups -OCH3 is 1. The molecule has 1 aromatic carbocycles. The predicted molar refractivity (Wildman–Crippen MR) is 110 cm³/mol. The molecule has 7 nitrogen and oxygen atoms in total. The molecule has 0 bridgehead atoms. The number of hydrogen-bond donors (Lipinski definition) is 1. The normalized spacial score (nSPS) is 15.7. The SMILES string of the molecule is COc1ccc(C)cc1S(=O)(=O)NCC1CCN(C(=O)/C=C/c2ccco2)CC1. The molecule has 0 aliphatic carbocycles. The number of hydrogen-bond acceptors (Lipinski definition) is 5. The molecule has 2 aromatic rings. The monoisotopic (exact) mass is 418 g/mol. The van der Waals surface area contributed by atoms with E-state index in [0.29, 0.717) is 31.1 Å². The van der Waals surface area contributed by atoms with Crippen molar-refractivity contribution in [3.63, 3.8) is 0 Å². The van der Waals surface area contributed by atoms with Gasteiger partial charge >= 0.3 is 0 Å². The Balaban J connectivity index is 1.52. The first-order valence-corrected chi connectivity index (χ1v) is 11.0. The molecule has 0 spiro atoms. The molecule has 1 aliphatic rings. The summed E-state index contributed by atoms with van der Waals surface area (Å²) >= 11 is 0. The zero-order chi connectivity index (χ0) is 20.9. The minimum absolute atomic E-state index is 0.0649. The van der Waals surface area contributed by atoms with Crippen molar-refractivity contribution in [3.05, 3.63) is 54.0 Å².